The van der Waals surface area contributed by atoms with Gasteiger partial charge in [0.15, 0.2) is 0 Å². The third-order valence-electron chi connectivity index (χ3n) is 5.25. The molecule has 5 nitrogen and oxygen atoms in total. The number of aliphatic hydroxyl groups excluding tert-OH is 1. The summed E-state index contributed by atoms with van der Waals surface area (Å²) in [7, 11) is 0. The lowest BCUT2D eigenvalue weighted by molar-refractivity contribution is -0.140. The molecule has 2 saturated heterocycles. The lowest BCUT2D eigenvalue weighted by atomic mass is 9.95. The zero-order valence-electron chi connectivity index (χ0n) is 15.5. The van der Waals surface area contributed by atoms with Crippen molar-refractivity contribution in [2.75, 3.05) is 13.2 Å². The lowest BCUT2D eigenvalue weighted by Gasteiger charge is -2.27. The van der Waals surface area contributed by atoms with E-state index in [0.717, 1.165) is 22.9 Å². The quantitative estimate of drug-likeness (QED) is 0.394. The largest absolute Gasteiger partial charge is 0.507 e. The highest BCUT2D eigenvalue weighted by Gasteiger charge is 2.47. The molecule has 1 amide bonds. The van der Waals surface area contributed by atoms with E-state index < -0.39 is 17.7 Å². The molecule has 2 aliphatic rings. The van der Waals surface area contributed by atoms with Crippen molar-refractivity contribution in [2.24, 2.45) is 0 Å². The third-order valence-corrected chi connectivity index (χ3v) is 5.99. The molecule has 0 saturated carbocycles. The number of ether oxygens (including phenoxy) is 1. The van der Waals surface area contributed by atoms with Gasteiger partial charge in [0.05, 0.1) is 17.7 Å². The topological polar surface area (TPSA) is 66.8 Å². The molecule has 0 unspecified atom stereocenters. The highest BCUT2D eigenvalue weighted by Crippen LogP contribution is 2.40. The van der Waals surface area contributed by atoms with Crippen LogP contribution in [0.3, 0.4) is 0 Å². The van der Waals surface area contributed by atoms with Gasteiger partial charge < -0.3 is 14.7 Å². The second-order valence-corrected chi connectivity index (χ2v) is 8.50. The Morgan fingerprint density at radius 3 is 2.62 bits per heavy atom. The summed E-state index contributed by atoms with van der Waals surface area (Å²) >= 11 is 9.39. The van der Waals surface area contributed by atoms with E-state index >= 15 is 0 Å². The van der Waals surface area contributed by atoms with Crippen LogP contribution in [0.25, 0.3) is 5.76 Å². The predicted octanol–water partition coefficient (Wildman–Crippen LogP) is 4.70. The zero-order chi connectivity index (χ0) is 20.5. The fourth-order valence-corrected chi connectivity index (χ4v) is 4.41. The molecule has 29 heavy (non-hydrogen) atoms. The van der Waals surface area contributed by atoms with Crippen LogP contribution in [0.5, 0.6) is 0 Å². The van der Waals surface area contributed by atoms with E-state index in [9.17, 15) is 14.7 Å². The molecule has 2 aliphatic heterocycles. The number of hydrogen-bond donors (Lipinski definition) is 1. The van der Waals surface area contributed by atoms with Crippen LogP contribution in [0.2, 0.25) is 5.02 Å². The van der Waals surface area contributed by atoms with E-state index in [2.05, 4.69) is 15.9 Å². The van der Waals surface area contributed by atoms with Gasteiger partial charge in [0.1, 0.15) is 5.76 Å². The molecule has 0 aliphatic carbocycles. The summed E-state index contributed by atoms with van der Waals surface area (Å²) in [5.74, 6) is -1.53. The third kappa shape index (κ3) is 3.97. The van der Waals surface area contributed by atoms with Crippen molar-refractivity contribution in [3.8, 4) is 0 Å². The number of halogens is 2. The van der Waals surface area contributed by atoms with Crippen molar-refractivity contribution in [1.29, 1.82) is 0 Å². The fraction of sp³-hybridized carbons (Fsp3) is 0.273. The first-order valence-electron chi connectivity index (χ1n) is 9.37. The summed E-state index contributed by atoms with van der Waals surface area (Å²) in [6, 6.07) is 13.2. The molecule has 2 atom stereocenters. The van der Waals surface area contributed by atoms with Crippen LogP contribution in [0.1, 0.15) is 30.0 Å². The average Bonchev–Trinajstić information content (AvgIpc) is 3.30. The number of nitrogens with zero attached hydrogens (tertiary/aromatic N) is 1. The number of rotatable bonds is 4. The van der Waals surface area contributed by atoms with Crippen LogP contribution in [0.15, 0.2) is 58.6 Å². The number of amides is 1. The highest BCUT2D eigenvalue weighted by atomic mass is 79.9. The summed E-state index contributed by atoms with van der Waals surface area (Å²) in [5, 5.41) is 11.5. The van der Waals surface area contributed by atoms with Gasteiger partial charge in [-0.25, -0.2) is 0 Å². The van der Waals surface area contributed by atoms with E-state index in [-0.39, 0.29) is 17.4 Å². The molecule has 0 bridgehead atoms. The zero-order valence-corrected chi connectivity index (χ0v) is 17.8. The molecule has 0 aromatic heterocycles. The average molecular weight is 477 g/mol. The first kappa shape index (κ1) is 20.1. The Bertz CT molecular complexity index is 983. The minimum Gasteiger partial charge on any atom is -0.507 e. The molecule has 1 N–H and O–H groups in total. The second-order valence-electron chi connectivity index (χ2n) is 7.15. The van der Waals surface area contributed by atoms with Gasteiger partial charge in [0.2, 0.25) is 0 Å². The molecule has 2 fully saturated rings. The summed E-state index contributed by atoms with van der Waals surface area (Å²) < 4.78 is 6.52. The Morgan fingerprint density at radius 1 is 1.21 bits per heavy atom. The minimum atomic E-state index is -0.694. The van der Waals surface area contributed by atoms with Crippen molar-refractivity contribution in [1.82, 2.24) is 4.90 Å². The number of hydrogen-bond acceptors (Lipinski definition) is 4. The Morgan fingerprint density at radius 2 is 1.97 bits per heavy atom. The van der Waals surface area contributed by atoms with Crippen LogP contribution < -0.4 is 0 Å². The fourth-order valence-electron chi connectivity index (χ4n) is 3.86. The number of likely N-dealkylation sites (tertiary alicyclic amines) is 1. The van der Waals surface area contributed by atoms with Crippen LogP contribution in [0, 0.1) is 0 Å². The Hall–Kier alpha value is -2.15. The Labute approximate surface area is 182 Å². The Balaban J connectivity index is 1.83. The van der Waals surface area contributed by atoms with E-state index in [1.54, 1.807) is 24.3 Å². The van der Waals surface area contributed by atoms with Gasteiger partial charge in [0.25, 0.3) is 11.7 Å². The summed E-state index contributed by atoms with van der Waals surface area (Å²) in [6.45, 7) is 0.958. The molecule has 7 heteroatoms. The minimum absolute atomic E-state index is 0.0772. The molecule has 0 spiro atoms. The van der Waals surface area contributed by atoms with Crippen molar-refractivity contribution in [3.63, 3.8) is 0 Å². The van der Waals surface area contributed by atoms with Gasteiger partial charge in [-0.3, -0.25) is 9.59 Å². The Kier molecular flexibility index (Phi) is 5.76. The number of carbonyl (C=O) groups excluding carboxylic acids is 2. The van der Waals surface area contributed by atoms with Crippen LogP contribution >= 0.6 is 27.5 Å². The maximum Gasteiger partial charge on any atom is 0.295 e. The summed E-state index contributed by atoms with van der Waals surface area (Å²) in [4.78, 5) is 27.4. The van der Waals surface area contributed by atoms with Crippen LogP contribution in [-0.4, -0.2) is 41.0 Å². The van der Waals surface area contributed by atoms with Crippen molar-refractivity contribution >= 4 is 45.0 Å². The van der Waals surface area contributed by atoms with Gasteiger partial charge in [-0.2, -0.15) is 0 Å². The van der Waals surface area contributed by atoms with Gasteiger partial charge in [-0.05, 0) is 54.8 Å². The standard InChI is InChI=1S/C22H19BrClNO4/c23-15-4-1-3-14(11-15)19-18(20(26)13-6-8-16(24)9-7-13)21(27)22(28)25(19)12-17-5-2-10-29-17/h1,3-4,6-9,11,17,19,26H,2,5,10,12H2/t17-,19+/m1/s1. The monoisotopic (exact) mass is 475 g/mol. The predicted molar refractivity (Wildman–Crippen MR) is 114 cm³/mol. The van der Waals surface area contributed by atoms with E-state index in [1.165, 1.54) is 4.90 Å². The first-order chi connectivity index (χ1) is 14.0. The maximum absolute atomic E-state index is 13.0. The number of aliphatic hydroxyl groups is 1. The van der Waals surface area contributed by atoms with E-state index in [1.807, 2.05) is 24.3 Å². The number of ketones is 1. The second kappa shape index (κ2) is 8.30. The SMILES string of the molecule is O=C1C(=O)N(C[C@H]2CCCO2)[C@@H](c2cccc(Br)c2)C1=C(O)c1ccc(Cl)cc1. The number of Topliss-reactive ketones (excluding diaryl/α,β-unsaturated/α-hetero) is 1. The molecule has 2 aromatic rings. The first-order valence-corrected chi connectivity index (χ1v) is 10.5. The van der Waals surface area contributed by atoms with Crippen molar-refractivity contribution in [2.45, 2.75) is 25.0 Å². The normalized spacial score (nSPS) is 23.7. The maximum atomic E-state index is 13.0. The van der Waals surface area contributed by atoms with E-state index in [0.29, 0.717) is 23.7 Å². The molecule has 4 rings (SSSR count). The molecule has 2 heterocycles. The summed E-state index contributed by atoms with van der Waals surface area (Å²) in [5.41, 5.74) is 1.25. The lowest BCUT2D eigenvalue weighted by Crippen LogP contribution is -2.36. The number of carbonyl (C=O) groups is 2. The molecular formula is C22H19BrClNO4. The van der Waals surface area contributed by atoms with Gasteiger partial charge in [-0.15, -0.1) is 0 Å². The molecule has 2 aromatic carbocycles. The van der Waals surface area contributed by atoms with Gasteiger partial charge in [-0.1, -0.05) is 39.7 Å². The van der Waals surface area contributed by atoms with Crippen LogP contribution in [0.4, 0.5) is 0 Å². The van der Waals surface area contributed by atoms with Gasteiger partial charge in [0, 0.05) is 28.2 Å². The van der Waals surface area contributed by atoms with E-state index in [4.69, 9.17) is 16.3 Å². The molecule has 0 radical (unpaired) electrons. The summed E-state index contributed by atoms with van der Waals surface area (Å²) in [6.07, 6.45) is 1.66. The smallest absolute Gasteiger partial charge is 0.295 e. The highest BCUT2D eigenvalue weighted by molar-refractivity contribution is 9.10. The van der Waals surface area contributed by atoms with Crippen LogP contribution in [-0.2, 0) is 14.3 Å². The van der Waals surface area contributed by atoms with Gasteiger partial charge >= 0.3 is 0 Å². The molecule has 150 valence electrons. The van der Waals surface area contributed by atoms with Crippen molar-refractivity contribution in [3.05, 3.63) is 74.7 Å². The van der Waals surface area contributed by atoms with Crippen molar-refractivity contribution < 1.29 is 19.4 Å². The number of benzene rings is 2. The molecular weight excluding hydrogens is 458 g/mol.